The van der Waals surface area contributed by atoms with Crippen LogP contribution in [-0.4, -0.2) is 34.0 Å². The molecule has 2 heterocycles. The predicted molar refractivity (Wildman–Crippen MR) is 66.4 cm³/mol. The van der Waals surface area contributed by atoms with Crippen LogP contribution in [0.5, 0.6) is 0 Å². The molecular formula is C11H19ClN4. The number of nitrogens with zero attached hydrogens (tertiary/aromatic N) is 3. The molecule has 1 saturated heterocycles. The minimum atomic E-state index is 0. The Morgan fingerprint density at radius 2 is 2.12 bits per heavy atom. The Hall–Kier alpha value is -0.710. The highest BCUT2D eigenvalue weighted by Crippen LogP contribution is 2.16. The summed E-state index contributed by atoms with van der Waals surface area (Å²) in [6, 6.07) is 0.309. The van der Waals surface area contributed by atoms with Crippen molar-refractivity contribution in [1.29, 1.82) is 0 Å². The molecule has 1 aliphatic heterocycles. The van der Waals surface area contributed by atoms with Crippen molar-refractivity contribution >= 4 is 12.4 Å². The topological polar surface area (TPSA) is 55.0 Å². The zero-order valence-corrected chi connectivity index (χ0v) is 10.6. The molecule has 1 aromatic rings. The Morgan fingerprint density at radius 3 is 2.62 bits per heavy atom. The van der Waals surface area contributed by atoms with Gasteiger partial charge in [0.1, 0.15) is 0 Å². The average Bonchev–Trinajstić information content (AvgIpc) is 2.50. The quantitative estimate of drug-likeness (QED) is 0.840. The van der Waals surface area contributed by atoms with E-state index in [4.69, 9.17) is 5.73 Å². The highest BCUT2D eigenvalue weighted by atomic mass is 35.5. The average molecular weight is 243 g/mol. The third-order valence-corrected chi connectivity index (χ3v) is 2.97. The van der Waals surface area contributed by atoms with Crippen molar-refractivity contribution in [3.8, 4) is 0 Å². The summed E-state index contributed by atoms with van der Waals surface area (Å²) in [5.41, 5.74) is 7.96. The number of hydrogen-bond acceptors (Lipinski definition) is 4. The zero-order valence-electron chi connectivity index (χ0n) is 9.76. The van der Waals surface area contributed by atoms with Gasteiger partial charge in [0.05, 0.1) is 11.4 Å². The Balaban J connectivity index is 0.00000128. The molecule has 0 bridgehead atoms. The predicted octanol–water partition coefficient (Wildman–Crippen LogP) is 0.986. The molecule has 0 amide bonds. The van der Waals surface area contributed by atoms with Crippen LogP contribution in [0.2, 0.25) is 0 Å². The van der Waals surface area contributed by atoms with Gasteiger partial charge in [0.15, 0.2) is 0 Å². The van der Waals surface area contributed by atoms with Crippen LogP contribution in [0.4, 0.5) is 0 Å². The van der Waals surface area contributed by atoms with Gasteiger partial charge >= 0.3 is 0 Å². The summed E-state index contributed by atoms with van der Waals surface area (Å²) in [4.78, 5) is 10.9. The fourth-order valence-corrected chi connectivity index (χ4v) is 1.95. The first-order valence-electron chi connectivity index (χ1n) is 5.40. The first kappa shape index (κ1) is 13.4. The smallest absolute Gasteiger partial charge is 0.0727 e. The van der Waals surface area contributed by atoms with Crippen LogP contribution < -0.4 is 5.73 Å². The number of hydrogen-bond donors (Lipinski definition) is 1. The minimum absolute atomic E-state index is 0. The fourth-order valence-electron chi connectivity index (χ4n) is 1.95. The maximum Gasteiger partial charge on any atom is 0.0727 e. The molecule has 2 N–H and O–H groups in total. The van der Waals surface area contributed by atoms with Crippen molar-refractivity contribution in [1.82, 2.24) is 14.9 Å². The number of aryl methyl sites for hydroxylation is 1. The molecule has 0 spiro atoms. The van der Waals surface area contributed by atoms with Gasteiger partial charge in [-0.25, -0.2) is 0 Å². The molecule has 1 aliphatic rings. The van der Waals surface area contributed by atoms with Crippen molar-refractivity contribution in [3.05, 3.63) is 23.8 Å². The lowest BCUT2D eigenvalue weighted by Crippen LogP contribution is -2.28. The van der Waals surface area contributed by atoms with Crippen molar-refractivity contribution < 1.29 is 0 Å². The van der Waals surface area contributed by atoms with Crippen molar-refractivity contribution in [2.45, 2.75) is 26.4 Å². The van der Waals surface area contributed by atoms with Crippen LogP contribution in [0.15, 0.2) is 12.4 Å². The summed E-state index contributed by atoms with van der Waals surface area (Å²) in [7, 11) is 0. The number of rotatable bonds is 2. The van der Waals surface area contributed by atoms with Gasteiger partial charge < -0.3 is 5.73 Å². The highest BCUT2D eigenvalue weighted by Gasteiger charge is 2.26. The van der Waals surface area contributed by atoms with Gasteiger partial charge in [-0.1, -0.05) is 6.92 Å². The second-order valence-electron chi connectivity index (χ2n) is 4.48. The second kappa shape index (κ2) is 5.57. The number of halogens is 1. The summed E-state index contributed by atoms with van der Waals surface area (Å²) in [6.45, 7) is 7.05. The largest absolute Gasteiger partial charge is 0.326 e. The van der Waals surface area contributed by atoms with E-state index in [1.54, 1.807) is 0 Å². The lowest BCUT2D eigenvalue weighted by molar-refractivity contribution is 0.314. The molecule has 90 valence electrons. The lowest BCUT2D eigenvalue weighted by Gasteiger charge is -2.13. The van der Waals surface area contributed by atoms with E-state index in [1.165, 1.54) is 0 Å². The number of likely N-dealkylation sites (tertiary alicyclic amines) is 1. The van der Waals surface area contributed by atoms with E-state index in [-0.39, 0.29) is 12.4 Å². The molecule has 2 unspecified atom stereocenters. The van der Waals surface area contributed by atoms with Crippen LogP contribution in [-0.2, 0) is 6.54 Å². The summed E-state index contributed by atoms with van der Waals surface area (Å²) < 4.78 is 0. The molecule has 4 nitrogen and oxygen atoms in total. The highest BCUT2D eigenvalue weighted by molar-refractivity contribution is 5.85. The van der Waals surface area contributed by atoms with Gasteiger partial charge in [-0.2, -0.15) is 0 Å². The van der Waals surface area contributed by atoms with E-state index in [1.807, 2.05) is 19.3 Å². The van der Waals surface area contributed by atoms with E-state index in [9.17, 15) is 0 Å². The maximum atomic E-state index is 5.97. The van der Waals surface area contributed by atoms with Crippen LogP contribution in [0, 0.1) is 12.8 Å². The fraction of sp³-hybridized carbons (Fsp3) is 0.636. The number of nitrogens with two attached hydrogens (primary N) is 1. The normalized spacial score (nSPS) is 25.4. The standard InChI is InChI=1S/C11H18N4.ClH/c1-8-5-15(7-11(8)12)6-10-4-13-9(2)3-14-10;/h3-4,8,11H,5-7,12H2,1-2H3;1H. The van der Waals surface area contributed by atoms with Crippen molar-refractivity contribution in [2.75, 3.05) is 13.1 Å². The van der Waals surface area contributed by atoms with Gasteiger partial charge in [-0.15, -0.1) is 12.4 Å². The maximum absolute atomic E-state index is 5.97. The second-order valence-corrected chi connectivity index (χ2v) is 4.48. The lowest BCUT2D eigenvalue weighted by atomic mass is 10.1. The van der Waals surface area contributed by atoms with Crippen LogP contribution in [0.1, 0.15) is 18.3 Å². The summed E-state index contributed by atoms with van der Waals surface area (Å²) in [5, 5.41) is 0. The molecule has 5 heteroatoms. The summed E-state index contributed by atoms with van der Waals surface area (Å²) in [6.07, 6.45) is 3.67. The van der Waals surface area contributed by atoms with E-state index >= 15 is 0 Å². The molecule has 0 saturated carbocycles. The van der Waals surface area contributed by atoms with Gasteiger partial charge in [0.25, 0.3) is 0 Å². The molecule has 1 aromatic heterocycles. The Morgan fingerprint density at radius 1 is 1.38 bits per heavy atom. The van der Waals surface area contributed by atoms with E-state index in [2.05, 4.69) is 21.8 Å². The molecule has 0 radical (unpaired) electrons. The molecule has 2 rings (SSSR count). The molecular weight excluding hydrogens is 224 g/mol. The van der Waals surface area contributed by atoms with Gasteiger partial charge in [-0.3, -0.25) is 14.9 Å². The molecule has 0 aliphatic carbocycles. The SMILES string of the molecule is Cc1cnc(CN2CC(C)C(N)C2)cn1.Cl. The Bertz CT molecular complexity index is 317. The van der Waals surface area contributed by atoms with Crippen LogP contribution in [0.3, 0.4) is 0 Å². The third-order valence-electron chi connectivity index (χ3n) is 2.97. The first-order valence-corrected chi connectivity index (χ1v) is 5.40. The van der Waals surface area contributed by atoms with E-state index < -0.39 is 0 Å². The van der Waals surface area contributed by atoms with Crippen LogP contribution in [0.25, 0.3) is 0 Å². The minimum Gasteiger partial charge on any atom is -0.326 e. The molecule has 16 heavy (non-hydrogen) atoms. The Labute approximate surface area is 103 Å². The molecule has 1 fully saturated rings. The van der Waals surface area contributed by atoms with Gasteiger partial charge in [0.2, 0.25) is 0 Å². The van der Waals surface area contributed by atoms with E-state index in [0.717, 1.165) is 31.0 Å². The van der Waals surface area contributed by atoms with E-state index in [0.29, 0.717) is 12.0 Å². The van der Waals surface area contributed by atoms with Crippen molar-refractivity contribution in [2.24, 2.45) is 11.7 Å². The monoisotopic (exact) mass is 242 g/mol. The van der Waals surface area contributed by atoms with Crippen LogP contribution >= 0.6 is 12.4 Å². The number of aromatic nitrogens is 2. The summed E-state index contributed by atoms with van der Waals surface area (Å²) >= 11 is 0. The summed E-state index contributed by atoms with van der Waals surface area (Å²) in [5.74, 6) is 0.586. The molecule has 2 atom stereocenters. The van der Waals surface area contributed by atoms with Gasteiger partial charge in [0, 0.05) is 38.1 Å². The first-order chi connectivity index (χ1) is 7.15. The van der Waals surface area contributed by atoms with Gasteiger partial charge in [-0.05, 0) is 12.8 Å². The zero-order chi connectivity index (χ0) is 10.8. The third kappa shape index (κ3) is 3.14. The van der Waals surface area contributed by atoms with Crippen molar-refractivity contribution in [3.63, 3.8) is 0 Å². The molecule has 0 aromatic carbocycles. The Kier molecular flexibility index (Phi) is 4.65.